The Labute approximate surface area is 92.0 Å². The van der Waals surface area contributed by atoms with Crippen molar-refractivity contribution < 1.29 is 9.90 Å². The van der Waals surface area contributed by atoms with E-state index < -0.39 is 5.97 Å². The van der Waals surface area contributed by atoms with Gasteiger partial charge in [-0.25, -0.2) is 4.79 Å². The second-order valence-corrected chi connectivity index (χ2v) is 3.36. The van der Waals surface area contributed by atoms with Crippen molar-refractivity contribution >= 4 is 22.9 Å². The van der Waals surface area contributed by atoms with Crippen LogP contribution in [-0.2, 0) is 4.79 Å². The summed E-state index contributed by atoms with van der Waals surface area (Å²) in [5.41, 5.74) is 6.69. The first-order valence-electron chi connectivity index (χ1n) is 4.72. The smallest absolute Gasteiger partial charge is 0.351 e. The molecule has 0 atom stereocenters. The third-order valence-corrected chi connectivity index (χ3v) is 2.20. The maximum atomic E-state index is 10.6. The van der Waals surface area contributed by atoms with E-state index in [1.165, 1.54) is 6.08 Å². The molecule has 80 valence electrons. The van der Waals surface area contributed by atoms with Crippen LogP contribution in [-0.4, -0.2) is 16.1 Å². The Bertz CT molecular complexity index is 576. The lowest BCUT2D eigenvalue weighted by Gasteiger charge is -1.99. The van der Waals surface area contributed by atoms with Crippen molar-refractivity contribution in [3.63, 3.8) is 0 Å². The van der Waals surface area contributed by atoms with Gasteiger partial charge in [0, 0.05) is 11.6 Å². The number of pyridine rings is 1. The largest absolute Gasteiger partial charge is 0.477 e. The van der Waals surface area contributed by atoms with Crippen LogP contribution < -0.4 is 5.73 Å². The number of carboxylic acids is 1. The number of carbonyl (C=O) groups is 1. The van der Waals surface area contributed by atoms with Crippen LogP contribution in [0.25, 0.3) is 17.0 Å². The highest BCUT2D eigenvalue weighted by Gasteiger charge is 2.01. The summed E-state index contributed by atoms with van der Waals surface area (Å²) < 4.78 is 0. The Hall–Kier alpha value is -2.36. The highest BCUT2D eigenvalue weighted by molar-refractivity contribution is 5.92. The second kappa shape index (κ2) is 4.02. The minimum atomic E-state index is -1.12. The van der Waals surface area contributed by atoms with Gasteiger partial charge in [-0.3, -0.25) is 4.98 Å². The van der Waals surface area contributed by atoms with Gasteiger partial charge >= 0.3 is 5.97 Å². The number of rotatable bonds is 2. The number of hydrogen-bond acceptors (Lipinski definition) is 3. The predicted molar refractivity (Wildman–Crippen MR) is 61.5 cm³/mol. The minimum absolute atomic E-state index is 0.185. The van der Waals surface area contributed by atoms with Gasteiger partial charge in [0.2, 0.25) is 0 Å². The molecule has 0 fully saturated rings. The average Bonchev–Trinajstić information content (AvgIpc) is 2.28. The van der Waals surface area contributed by atoms with Crippen molar-refractivity contribution in [1.82, 2.24) is 4.98 Å². The maximum Gasteiger partial charge on any atom is 0.351 e. The molecule has 2 aromatic rings. The van der Waals surface area contributed by atoms with Gasteiger partial charge in [0.15, 0.2) is 0 Å². The molecule has 0 spiro atoms. The van der Waals surface area contributed by atoms with E-state index in [-0.39, 0.29) is 5.70 Å². The van der Waals surface area contributed by atoms with Gasteiger partial charge < -0.3 is 10.8 Å². The standard InChI is InChI=1S/C12H10N2O2/c13-10(12(15)16)6-8-3-4-9-2-1-5-14-11(9)7-8/h1-7H,13H2,(H,15,16)/b10-6+. The van der Waals surface area contributed by atoms with E-state index in [1.807, 2.05) is 18.2 Å². The summed E-state index contributed by atoms with van der Waals surface area (Å²) in [6.45, 7) is 0. The Kier molecular flexibility index (Phi) is 2.55. The summed E-state index contributed by atoms with van der Waals surface area (Å²) in [7, 11) is 0. The normalized spacial score (nSPS) is 11.6. The first-order chi connectivity index (χ1) is 7.66. The van der Waals surface area contributed by atoms with E-state index in [2.05, 4.69) is 4.98 Å². The molecule has 1 aromatic carbocycles. The molecule has 4 nitrogen and oxygen atoms in total. The lowest BCUT2D eigenvalue weighted by Crippen LogP contribution is -2.09. The Morgan fingerprint density at radius 2 is 2.19 bits per heavy atom. The quantitative estimate of drug-likeness (QED) is 0.745. The van der Waals surface area contributed by atoms with E-state index in [9.17, 15) is 4.79 Å². The van der Waals surface area contributed by atoms with Crippen molar-refractivity contribution in [2.75, 3.05) is 0 Å². The highest BCUT2D eigenvalue weighted by atomic mass is 16.4. The number of nitrogens with two attached hydrogens (primary N) is 1. The van der Waals surface area contributed by atoms with Crippen molar-refractivity contribution in [2.24, 2.45) is 5.73 Å². The van der Waals surface area contributed by atoms with Crippen molar-refractivity contribution in [2.45, 2.75) is 0 Å². The fraction of sp³-hybridized carbons (Fsp3) is 0. The molecule has 0 aliphatic carbocycles. The SMILES string of the molecule is N/C(=C/c1ccc2cccnc2c1)C(=O)O. The average molecular weight is 214 g/mol. The Morgan fingerprint density at radius 3 is 2.94 bits per heavy atom. The molecule has 0 saturated carbocycles. The van der Waals surface area contributed by atoms with Gasteiger partial charge in [0.25, 0.3) is 0 Å². The second-order valence-electron chi connectivity index (χ2n) is 3.36. The molecule has 0 radical (unpaired) electrons. The van der Waals surface area contributed by atoms with Crippen molar-refractivity contribution in [1.29, 1.82) is 0 Å². The topological polar surface area (TPSA) is 76.2 Å². The zero-order valence-electron chi connectivity index (χ0n) is 8.42. The number of aliphatic carboxylic acids is 1. The molecule has 0 bridgehead atoms. The molecule has 1 aromatic heterocycles. The lowest BCUT2D eigenvalue weighted by atomic mass is 10.1. The summed E-state index contributed by atoms with van der Waals surface area (Å²) in [6.07, 6.45) is 3.10. The van der Waals surface area contributed by atoms with Crippen molar-refractivity contribution in [3.05, 3.63) is 47.8 Å². The summed E-state index contributed by atoms with van der Waals surface area (Å²) in [6, 6.07) is 9.27. The fourth-order valence-corrected chi connectivity index (χ4v) is 1.41. The number of nitrogens with zero attached hydrogens (tertiary/aromatic N) is 1. The molecule has 0 aliphatic heterocycles. The van der Waals surface area contributed by atoms with Crippen LogP contribution >= 0.6 is 0 Å². The lowest BCUT2D eigenvalue weighted by molar-refractivity contribution is -0.132. The van der Waals surface area contributed by atoms with Crippen LogP contribution in [0.1, 0.15) is 5.56 Å². The van der Waals surface area contributed by atoms with Crippen LogP contribution in [0.2, 0.25) is 0 Å². The monoisotopic (exact) mass is 214 g/mol. The van der Waals surface area contributed by atoms with Crippen molar-refractivity contribution in [3.8, 4) is 0 Å². The molecule has 0 saturated heterocycles. The molecule has 4 heteroatoms. The van der Waals surface area contributed by atoms with Gasteiger partial charge in [-0.15, -0.1) is 0 Å². The van der Waals surface area contributed by atoms with Gasteiger partial charge in [-0.2, -0.15) is 0 Å². The zero-order chi connectivity index (χ0) is 11.5. The van der Waals surface area contributed by atoms with E-state index in [0.717, 1.165) is 16.5 Å². The van der Waals surface area contributed by atoms with Gasteiger partial charge in [0.1, 0.15) is 5.70 Å². The van der Waals surface area contributed by atoms with E-state index >= 15 is 0 Å². The summed E-state index contributed by atoms with van der Waals surface area (Å²) in [5, 5.41) is 9.66. The van der Waals surface area contributed by atoms with Gasteiger partial charge in [-0.1, -0.05) is 18.2 Å². The number of benzene rings is 1. The highest BCUT2D eigenvalue weighted by Crippen LogP contribution is 2.14. The Morgan fingerprint density at radius 1 is 1.38 bits per heavy atom. The van der Waals surface area contributed by atoms with Gasteiger partial charge in [-0.05, 0) is 23.8 Å². The number of hydrogen-bond donors (Lipinski definition) is 2. The number of carboxylic acid groups (broad SMARTS) is 1. The summed E-state index contributed by atoms with van der Waals surface area (Å²) >= 11 is 0. The van der Waals surface area contributed by atoms with Crippen LogP contribution in [0.5, 0.6) is 0 Å². The molecule has 16 heavy (non-hydrogen) atoms. The maximum absolute atomic E-state index is 10.6. The van der Waals surface area contributed by atoms with Crippen LogP contribution in [0, 0.1) is 0 Å². The fourth-order valence-electron chi connectivity index (χ4n) is 1.41. The Balaban J connectivity index is 2.47. The van der Waals surface area contributed by atoms with Crippen LogP contribution in [0.4, 0.5) is 0 Å². The first-order valence-corrected chi connectivity index (χ1v) is 4.72. The van der Waals surface area contributed by atoms with Gasteiger partial charge in [0.05, 0.1) is 5.52 Å². The predicted octanol–water partition coefficient (Wildman–Crippen LogP) is 1.62. The third kappa shape index (κ3) is 2.00. The van der Waals surface area contributed by atoms with Crippen LogP contribution in [0.15, 0.2) is 42.2 Å². The molecular weight excluding hydrogens is 204 g/mol. The molecule has 1 heterocycles. The minimum Gasteiger partial charge on any atom is -0.477 e. The molecule has 2 rings (SSSR count). The summed E-state index contributed by atoms with van der Waals surface area (Å²) in [5.74, 6) is -1.12. The molecule has 3 N–H and O–H groups in total. The van der Waals surface area contributed by atoms with E-state index in [1.54, 1.807) is 18.3 Å². The molecule has 0 unspecified atom stereocenters. The zero-order valence-corrected chi connectivity index (χ0v) is 8.42. The molecular formula is C12H10N2O2. The first kappa shape index (κ1) is 10.2. The van der Waals surface area contributed by atoms with E-state index in [0.29, 0.717) is 0 Å². The third-order valence-electron chi connectivity index (χ3n) is 2.20. The summed E-state index contributed by atoms with van der Waals surface area (Å²) in [4.78, 5) is 14.7. The molecule has 0 amide bonds. The number of fused-ring (bicyclic) bond motifs is 1. The van der Waals surface area contributed by atoms with Crippen LogP contribution in [0.3, 0.4) is 0 Å². The van der Waals surface area contributed by atoms with E-state index in [4.69, 9.17) is 10.8 Å². The molecule has 0 aliphatic rings. The number of aromatic nitrogens is 1.